The number of aryl methyl sites for hydroxylation is 1. The summed E-state index contributed by atoms with van der Waals surface area (Å²) in [5.74, 6) is 0. The van der Waals surface area contributed by atoms with Crippen LogP contribution in [0.15, 0.2) is 58.5 Å². The van der Waals surface area contributed by atoms with E-state index in [0.29, 0.717) is 16.8 Å². The number of hydrogen-bond acceptors (Lipinski definition) is 5. The maximum Gasteiger partial charge on any atom is 0.416 e. The van der Waals surface area contributed by atoms with Gasteiger partial charge in [-0.2, -0.15) is 13.2 Å². The van der Waals surface area contributed by atoms with Crippen molar-refractivity contribution in [2.24, 2.45) is 12.2 Å². The first-order valence-electron chi connectivity index (χ1n) is 8.89. The molecule has 0 spiro atoms. The van der Waals surface area contributed by atoms with E-state index in [4.69, 9.17) is 9.57 Å². The molecule has 0 aliphatic rings. The summed E-state index contributed by atoms with van der Waals surface area (Å²) in [4.78, 5) is 17.7. The third-order valence-corrected chi connectivity index (χ3v) is 4.26. The molecule has 158 valence electrons. The van der Waals surface area contributed by atoms with Gasteiger partial charge in [0.2, 0.25) is 0 Å². The van der Waals surface area contributed by atoms with Crippen LogP contribution in [0.3, 0.4) is 0 Å². The molecule has 0 aliphatic carbocycles. The van der Waals surface area contributed by atoms with Gasteiger partial charge in [0.05, 0.1) is 18.4 Å². The van der Waals surface area contributed by atoms with E-state index in [9.17, 15) is 18.0 Å². The van der Waals surface area contributed by atoms with Crippen molar-refractivity contribution < 1.29 is 22.7 Å². The average molecular weight is 420 g/mol. The van der Waals surface area contributed by atoms with Crippen LogP contribution >= 0.6 is 0 Å². The zero-order chi connectivity index (χ0) is 21.7. The number of oxime groups is 1. The van der Waals surface area contributed by atoms with Crippen molar-refractivity contribution in [2.75, 3.05) is 7.11 Å². The number of nitrogens with zero attached hydrogens (tertiary/aromatic N) is 4. The van der Waals surface area contributed by atoms with E-state index in [-0.39, 0.29) is 24.7 Å². The number of ether oxygens (including phenoxy) is 1. The number of aromatic nitrogens is 3. The molecule has 3 rings (SSSR count). The van der Waals surface area contributed by atoms with E-state index in [2.05, 4.69) is 10.3 Å². The highest BCUT2D eigenvalue weighted by Gasteiger charge is 2.30. The highest BCUT2D eigenvalue weighted by atomic mass is 19.4. The summed E-state index contributed by atoms with van der Waals surface area (Å²) in [6, 6.07) is 12.2. The van der Waals surface area contributed by atoms with Gasteiger partial charge >= 0.3 is 17.9 Å². The maximum absolute atomic E-state index is 12.8. The van der Waals surface area contributed by atoms with E-state index in [1.54, 1.807) is 30.3 Å². The van der Waals surface area contributed by atoms with Crippen LogP contribution in [-0.4, -0.2) is 27.7 Å². The van der Waals surface area contributed by atoms with Crippen LogP contribution < -0.4 is 10.4 Å². The Kier molecular flexibility index (Phi) is 6.24. The summed E-state index contributed by atoms with van der Waals surface area (Å²) in [5, 5.41) is 7.82. The molecule has 1 heterocycles. The van der Waals surface area contributed by atoms with Crippen molar-refractivity contribution in [3.05, 3.63) is 75.7 Å². The second kappa shape index (κ2) is 8.85. The largest absolute Gasteiger partial charge is 0.467 e. The predicted molar refractivity (Wildman–Crippen MR) is 104 cm³/mol. The first-order valence-corrected chi connectivity index (χ1v) is 8.89. The van der Waals surface area contributed by atoms with Crippen molar-refractivity contribution in [1.29, 1.82) is 0 Å². The zero-order valence-corrected chi connectivity index (χ0v) is 16.3. The van der Waals surface area contributed by atoms with Crippen LogP contribution in [0.2, 0.25) is 0 Å². The van der Waals surface area contributed by atoms with E-state index in [1.807, 2.05) is 0 Å². The first kappa shape index (κ1) is 21.2. The van der Waals surface area contributed by atoms with Crippen LogP contribution in [-0.2, 0) is 31.1 Å². The minimum Gasteiger partial charge on any atom is -0.467 e. The second-order valence-electron chi connectivity index (χ2n) is 6.32. The highest BCUT2D eigenvalue weighted by Crippen LogP contribution is 2.29. The smallest absolute Gasteiger partial charge is 0.416 e. The number of halogens is 3. The standard InChI is InChI=1S/C20H19F3N4O3/c1-26-19(28)27(18(25-26)29-2)17-9-4-3-7-15(17)13-30-24-11-10-14-6-5-8-16(12-14)20(21,22)23/h3-9,11-12H,10,13H2,1-2H3/b24-11+. The third-order valence-electron chi connectivity index (χ3n) is 4.26. The minimum atomic E-state index is -4.39. The molecule has 0 unspecified atom stereocenters. The van der Waals surface area contributed by atoms with Crippen LogP contribution in [0, 0.1) is 0 Å². The van der Waals surface area contributed by atoms with E-state index in [0.717, 1.165) is 16.8 Å². The monoisotopic (exact) mass is 420 g/mol. The number of para-hydroxylation sites is 1. The molecule has 0 bridgehead atoms. The van der Waals surface area contributed by atoms with Gasteiger partial charge in [0.25, 0.3) is 0 Å². The van der Waals surface area contributed by atoms with Crippen LogP contribution in [0.25, 0.3) is 5.69 Å². The fourth-order valence-corrected chi connectivity index (χ4v) is 2.81. The van der Waals surface area contributed by atoms with Crippen molar-refractivity contribution in [3.63, 3.8) is 0 Å². The summed E-state index contributed by atoms with van der Waals surface area (Å²) in [5.41, 5.74) is 0.554. The van der Waals surface area contributed by atoms with Gasteiger partial charge in [-0.05, 0) is 17.7 Å². The molecule has 3 aromatic rings. The van der Waals surface area contributed by atoms with E-state index in [1.165, 1.54) is 31.0 Å². The molecule has 0 saturated carbocycles. The predicted octanol–water partition coefficient (Wildman–Crippen LogP) is 3.34. The van der Waals surface area contributed by atoms with Crippen molar-refractivity contribution >= 4 is 6.21 Å². The third kappa shape index (κ3) is 4.70. The lowest BCUT2D eigenvalue weighted by Gasteiger charge is -2.10. The molecule has 2 aromatic carbocycles. The molecule has 0 N–H and O–H groups in total. The summed E-state index contributed by atoms with van der Waals surface area (Å²) in [7, 11) is 2.92. The molecule has 0 fully saturated rings. The minimum absolute atomic E-state index is 0.0414. The number of alkyl halides is 3. The molecule has 10 heteroatoms. The molecular formula is C20H19F3N4O3. The van der Waals surface area contributed by atoms with Crippen LogP contribution in [0.5, 0.6) is 6.01 Å². The summed E-state index contributed by atoms with van der Waals surface area (Å²) in [6.45, 7) is 0.0414. The van der Waals surface area contributed by atoms with Crippen LogP contribution in [0.1, 0.15) is 16.7 Å². The lowest BCUT2D eigenvalue weighted by atomic mass is 10.1. The Morgan fingerprint density at radius 2 is 1.93 bits per heavy atom. The van der Waals surface area contributed by atoms with Crippen molar-refractivity contribution in [3.8, 4) is 11.7 Å². The molecular weight excluding hydrogens is 401 g/mol. The molecule has 0 saturated heterocycles. The number of rotatable bonds is 7. The number of methoxy groups -OCH3 is 1. The van der Waals surface area contributed by atoms with Gasteiger partial charge in [0.1, 0.15) is 6.61 Å². The molecule has 0 atom stereocenters. The molecule has 0 radical (unpaired) electrons. The fraction of sp³-hybridized carbons (Fsp3) is 0.250. The van der Waals surface area contributed by atoms with Gasteiger partial charge in [-0.15, -0.1) is 5.10 Å². The lowest BCUT2D eigenvalue weighted by molar-refractivity contribution is -0.137. The molecule has 30 heavy (non-hydrogen) atoms. The SMILES string of the molecule is COc1nn(C)c(=O)n1-c1ccccc1CO/N=C/Cc1cccc(C(F)(F)F)c1. The summed E-state index contributed by atoms with van der Waals surface area (Å²) < 4.78 is 45.9. The molecule has 7 nitrogen and oxygen atoms in total. The normalized spacial score (nSPS) is 11.8. The van der Waals surface area contributed by atoms with Gasteiger partial charge in [0.15, 0.2) is 0 Å². The van der Waals surface area contributed by atoms with Gasteiger partial charge in [0, 0.05) is 25.2 Å². The molecule has 1 aromatic heterocycles. The highest BCUT2D eigenvalue weighted by molar-refractivity contribution is 5.61. The quantitative estimate of drug-likeness (QED) is 0.434. The van der Waals surface area contributed by atoms with Crippen molar-refractivity contribution in [1.82, 2.24) is 14.3 Å². The molecule has 0 amide bonds. The topological polar surface area (TPSA) is 70.6 Å². The van der Waals surface area contributed by atoms with Gasteiger partial charge in [-0.1, -0.05) is 41.6 Å². The van der Waals surface area contributed by atoms with Gasteiger partial charge in [-0.25, -0.2) is 14.0 Å². The summed E-state index contributed by atoms with van der Waals surface area (Å²) >= 11 is 0. The Bertz CT molecular complexity index is 1100. The Labute approximate surface area is 170 Å². The van der Waals surface area contributed by atoms with Crippen LogP contribution in [0.4, 0.5) is 13.2 Å². The second-order valence-corrected chi connectivity index (χ2v) is 6.32. The lowest BCUT2D eigenvalue weighted by Crippen LogP contribution is -2.22. The van der Waals surface area contributed by atoms with Gasteiger partial charge < -0.3 is 9.57 Å². The number of hydrogen-bond donors (Lipinski definition) is 0. The zero-order valence-electron chi connectivity index (χ0n) is 16.3. The average Bonchev–Trinajstić information content (AvgIpc) is 3.01. The molecule has 0 aliphatic heterocycles. The first-order chi connectivity index (χ1) is 14.3. The Morgan fingerprint density at radius 1 is 1.17 bits per heavy atom. The Morgan fingerprint density at radius 3 is 2.67 bits per heavy atom. The van der Waals surface area contributed by atoms with Gasteiger partial charge in [-0.3, -0.25) is 0 Å². The van der Waals surface area contributed by atoms with E-state index < -0.39 is 11.7 Å². The number of benzene rings is 2. The fourth-order valence-electron chi connectivity index (χ4n) is 2.81. The maximum atomic E-state index is 12.8. The summed E-state index contributed by atoms with van der Waals surface area (Å²) in [6.07, 6.45) is -2.82. The Balaban J connectivity index is 1.69. The van der Waals surface area contributed by atoms with E-state index >= 15 is 0 Å². The Hall–Kier alpha value is -3.56. The van der Waals surface area contributed by atoms with Crippen molar-refractivity contribution in [2.45, 2.75) is 19.2 Å².